The molecule has 0 aromatic carbocycles. The van der Waals surface area contributed by atoms with Crippen LogP contribution >= 0.6 is 11.6 Å². The summed E-state index contributed by atoms with van der Waals surface area (Å²) in [6, 6.07) is 3.22. The molecule has 82 valence electrons. The molecule has 0 atom stereocenters. The maximum atomic E-state index is 12.5. The Morgan fingerprint density at radius 3 is 2.67 bits per heavy atom. The van der Waals surface area contributed by atoms with Crippen molar-refractivity contribution in [1.82, 2.24) is 4.98 Å². The highest BCUT2D eigenvalue weighted by atomic mass is 35.5. The first-order valence-corrected chi connectivity index (χ1v) is 5.01. The number of rotatable bonds is 2. The molecule has 0 unspecified atom stereocenters. The van der Waals surface area contributed by atoms with Crippen LogP contribution in [0.25, 0.3) is 0 Å². The molecule has 0 bridgehead atoms. The van der Waals surface area contributed by atoms with E-state index in [1.807, 2.05) is 0 Å². The lowest BCUT2D eigenvalue weighted by Gasteiger charge is -2.34. The quantitative estimate of drug-likeness (QED) is 0.732. The van der Waals surface area contributed by atoms with Crippen molar-refractivity contribution < 1.29 is 13.5 Å². The molecule has 1 aliphatic carbocycles. The molecule has 1 saturated carbocycles. The van der Waals surface area contributed by atoms with Crippen LogP contribution < -0.4 is 4.74 Å². The van der Waals surface area contributed by atoms with Crippen molar-refractivity contribution >= 4 is 11.6 Å². The molecule has 1 aromatic heterocycles. The zero-order chi connectivity index (χ0) is 11.1. The summed E-state index contributed by atoms with van der Waals surface area (Å²) in [4.78, 5) is 3.95. The minimum atomic E-state index is -2.56. The predicted molar refractivity (Wildman–Crippen MR) is 52.6 cm³/mol. The number of alkyl halides is 2. The van der Waals surface area contributed by atoms with Crippen LogP contribution in [-0.4, -0.2) is 17.0 Å². The van der Waals surface area contributed by atoms with Crippen molar-refractivity contribution in [3.05, 3.63) is 23.0 Å². The van der Waals surface area contributed by atoms with Gasteiger partial charge in [-0.15, -0.1) is 0 Å². The van der Waals surface area contributed by atoms with Gasteiger partial charge in [0, 0.05) is 30.7 Å². The molecule has 2 nitrogen and oxygen atoms in total. The Morgan fingerprint density at radius 1 is 1.47 bits per heavy atom. The van der Waals surface area contributed by atoms with Crippen LogP contribution in [0.5, 0.6) is 5.75 Å². The molecule has 0 spiro atoms. The first-order valence-electron chi connectivity index (χ1n) is 4.63. The van der Waals surface area contributed by atoms with Crippen molar-refractivity contribution in [3.8, 4) is 5.75 Å². The van der Waals surface area contributed by atoms with Crippen LogP contribution in [0.4, 0.5) is 8.78 Å². The molecule has 0 aliphatic heterocycles. The molecule has 0 amide bonds. The van der Waals surface area contributed by atoms with E-state index < -0.39 is 12.0 Å². The summed E-state index contributed by atoms with van der Waals surface area (Å²) in [6.07, 6.45) is -0.837. The molecule has 0 N–H and O–H groups in total. The van der Waals surface area contributed by atoms with Crippen molar-refractivity contribution in [2.75, 3.05) is 0 Å². The van der Waals surface area contributed by atoms with E-state index in [4.69, 9.17) is 16.3 Å². The van der Waals surface area contributed by atoms with Crippen LogP contribution in [0.1, 0.15) is 18.5 Å². The highest BCUT2D eigenvalue weighted by molar-refractivity contribution is 6.29. The monoisotopic (exact) mass is 233 g/mol. The van der Waals surface area contributed by atoms with Crippen LogP contribution in [0.15, 0.2) is 12.1 Å². The Hall–Kier alpha value is -0.900. The largest absolute Gasteiger partial charge is 0.490 e. The third-order valence-corrected chi connectivity index (χ3v) is 2.44. The molecule has 0 radical (unpaired) electrons. The zero-order valence-electron chi connectivity index (χ0n) is 8.14. The second-order valence-electron chi connectivity index (χ2n) is 3.77. The van der Waals surface area contributed by atoms with E-state index in [0.29, 0.717) is 16.6 Å². The highest BCUT2D eigenvalue weighted by Gasteiger charge is 2.46. The number of aryl methyl sites for hydroxylation is 1. The molecule has 15 heavy (non-hydrogen) atoms. The Balaban J connectivity index is 2.00. The van der Waals surface area contributed by atoms with Crippen LogP contribution in [0, 0.1) is 6.92 Å². The van der Waals surface area contributed by atoms with Gasteiger partial charge in [0.05, 0.1) is 0 Å². The van der Waals surface area contributed by atoms with Gasteiger partial charge in [-0.3, -0.25) is 0 Å². The molecule has 1 fully saturated rings. The van der Waals surface area contributed by atoms with Crippen LogP contribution in [0.3, 0.4) is 0 Å². The first kappa shape index (κ1) is 10.6. The summed E-state index contributed by atoms with van der Waals surface area (Å²) in [5.41, 5.74) is 0.712. The smallest absolute Gasteiger partial charge is 0.255 e. The molecular weight excluding hydrogens is 224 g/mol. The van der Waals surface area contributed by atoms with E-state index in [9.17, 15) is 8.78 Å². The summed E-state index contributed by atoms with van der Waals surface area (Å²) < 4.78 is 30.4. The average molecular weight is 234 g/mol. The number of hydrogen-bond acceptors (Lipinski definition) is 2. The minimum Gasteiger partial charge on any atom is -0.490 e. The van der Waals surface area contributed by atoms with Gasteiger partial charge in [-0.05, 0) is 6.92 Å². The lowest BCUT2D eigenvalue weighted by atomic mass is 9.91. The molecular formula is C10H10ClF2NO. The summed E-state index contributed by atoms with van der Waals surface area (Å²) in [6.45, 7) is 1.77. The SMILES string of the molecule is Cc1cc(OC2CC(F)(F)C2)cc(Cl)n1. The van der Waals surface area contributed by atoms with Gasteiger partial charge >= 0.3 is 0 Å². The fraction of sp³-hybridized carbons (Fsp3) is 0.500. The Kier molecular flexibility index (Phi) is 2.54. The van der Waals surface area contributed by atoms with Crippen molar-refractivity contribution in [1.29, 1.82) is 0 Å². The maximum absolute atomic E-state index is 12.5. The number of halogens is 3. The maximum Gasteiger partial charge on any atom is 0.255 e. The molecule has 1 aromatic rings. The Morgan fingerprint density at radius 2 is 2.13 bits per heavy atom. The molecule has 5 heteroatoms. The Labute approximate surface area is 91.2 Å². The first-order chi connectivity index (χ1) is 6.94. The van der Waals surface area contributed by atoms with Gasteiger partial charge in [-0.25, -0.2) is 13.8 Å². The zero-order valence-corrected chi connectivity index (χ0v) is 8.89. The standard InChI is InChI=1S/C10H10ClF2NO/c1-6-2-7(3-9(11)14-6)15-8-4-10(12,13)5-8/h2-3,8H,4-5H2,1H3. The Bertz CT molecular complexity index is 355. The van der Waals surface area contributed by atoms with Gasteiger partial charge in [0.1, 0.15) is 17.0 Å². The van der Waals surface area contributed by atoms with Crippen molar-refractivity contribution in [3.63, 3.8) is 0 Å². The molecule has 0 saturated heterocycles. The normalized spacial score (nSPS) is 19.7. The van der Waals surface area contributed by atoms with Crippen molar-refractivity contribution in [2.24, 2.45) is 0 Å². The van der Waals surface area contributed by atoms with E-state index in [1.54, 1.807) is 13.0 Å². The fourth-order valence-corrected chi connectivity index (χ4v) is 1.79. The highest BCUT2D eigenvalue weighted by Crippen LogP contribution is 2.39. The van der Waals surface area contributed by atoms with Gasteiger partial charge in [0.25, 0.3) is 5.92 Å². The third kappa shape index (κ3) is 2.56. The number of nitrogens with zero attached hydrogens (tertiary/aromatic N) is 1. The van der Waals surface area contributed by atoms with E-state index in [2.05, 4.69) is 4.98 Å². The minimum absolute atomic E-state index is 0.216. The summed E-state index contributed by atoms with van der Waals surface area (Å²) in [7, 11) is 0. The second kappa shape index (κ2) is 3.59. The van der Waals surface area contributed by atoms with Gasteiger partial charge in [-0.2, -0.15) is 0 Å². The summed E-state index contributed by atoms with van der Waals surface area (Å²) in [5.74, 6) is -2.05. The van der Waals surface area contributed by atoms with E-state index >= 15 is 0 Å². The van der Waals surface area contributed by atoms with E-state index in [0.717, 1.165) is 0 Å². The van der Waals surface area contributed by atoms with E-state index in [-0.39, 0.29) is 12.8 Å². The van der Waals surface area contributed by atoms with Gasteiger partial charge in [0.15, 0.2) is 0 Å². The summed E-state index contributed by atoms with van der Waals surface area (Å²) >= 11 is 5.71. The molecule has 1 heterocycles. The number of hydrogen-bond donors (Lipinski definition) is 0. The predicted octanol–water partition coefficient (Wildman–Crippen LogP) is 3.22. The topological polar surface area (TPSA) is 22.1 Å². The number of aromatic nitrogens is 1. The third-order valence-electron chi connectivity index (χ3n) is 2.25. The van der Waals surface area contributed by atoms with Gasteiger partial charge in [0.2, 0.25) is 0 Å². The van der Waals surface area contributed by atoms with Crippen LogP contribution in [0.2, 0.25) is 5.15 Å². The van der Waals surface area contributed by atoms with Gasteiger partial charge in [-0.1, -0.05) is 11.6 Å². The van der Waals surface area contributed by atoms with E-state index in [1.165, 1.54) is 6.07 Å². The second-order valence-corrected chi connectivity index (χ2v) is 4.16. The molecule has 2 rings (SSSR count). The van der Waals surface area contributed by atoms with Crippen molar-refractivity contribution in [2.45, 2.75) is 31.8 Å². The van der Waals surface area contributed by atoms with Gasteiger partial charge < -0.3 is 4.74 Å². The lowest BCUT2D eigenvalue weighted by molar-refractivity contribution is -0.134. The number of pyridine rings is 1. The number of ether oxygens (including phenoxy) is 1. The summed E-state index contributed by atoms with van der Waals surface area (Å²) in [5, 5.41) is 0.316. The lowest BCUT2D eigenvalue weighted by Crippen LogP contribution is -2.43. The average Bonchev–Trinajstić information content (AvgIpc) is 1.97. The fourth-order valence-electron chi connectivity index (χ4n) is 1.55. The van der Waals surface area contributed by atoms with Crippen LogP contribution in [-0.2, 0) is 0 Å². The molecule has 1 aliphatic rings.